The molecule has 1 aromatic carbocycles. The lowest BCUT2D eigenvalue weighted by Crippen LogP contribution is -2.35. The van der Waals surface area contributed by atoms with E-state index in [-0.39, 0.29) is 11.9 Å². The molecule has 20 heavy (non-hydrogen) atoms. The van der Waals surface area contributed by atoms with Crippen molar-refractivity contribution >= 4 is 22.9 Å². The zero-order chi connectivity index (χ0) is 13.9. The fraction of sp³-hybridized carbons (Fsp3) is 0.286. The Labute approximate surface area is 120 Å². The Balaban J connectivity index is 1.71. The molecule has 1 fully saturated rings. The number of thiazole rings is 1. The maximum atomic E-state index is 12.1. The molecule has 5 nitrogen and oxygen atoms in total. The van der Waals surface area contributed by atoms with E-state index in [4.69, 9.17) is 0 Å². The molecule has 1 aliphatic heterocycles. The molecule has 0 bridgehead atoms. The van der Waals surface area contributed by atoms with Crippen LogP contribution in [0.1, 0.15) is 6.42 Å². The first-order chi connectivity index (χ1) is 9.72. The molecular weight excluding hydrogens is 274 g/mol. The van der Waals surface area contributed by atoms with Gasteiger partial charge in [-0.1, -0.05) is 12.1 Å². The van der Waals surface area contributed by atoms with E-state index in [0.29, 0.717) is 13.0 Å². The fourth-order valence-electron chi connectivity index (χ4n) is 2.24. The maximum absolute atomic E-state index is 12.1. The number of β-amino-alcohol motifs (C(OH)–C–C–N with tert-alkyl or cyclic N) is 1. The Bertz CT molecular complexity index is 600. The van der Waals surface area contributed by atoms with E-state index in [1.807, 2.05) is 29.6 Å². The minimum Gasteiger partial charge on any atom is -0.392 e. The number of rotatable bonds is 3. The molecule has 1 aromatic heterocycles. The number of hydrogen-bond acceptors (Lipinski definition) is 5. The van der Waals surface area contributed by atoms with Crippen molar-refractivity contribution in [3.63, 3.8) is 0 Å². The molecule has 2 unspecified atom stereocenters. The maximum Gasteiger partial charge on any atom is 0.241 e. The van der Waals surface area contributed by atoms with Gasteiger partial charge in [0.1, 0.15) is 5.01 Å². The minimum atomic E-state index is -0.438. The number of nitrogens with zero attached hydrogens (tertiary/aromatic N) is 1. The Morgan fingerprint density at radius 1 is 1.50 bits per heavy atom. The van der Waals surface area contributed by atoms with Crippen molar-refractivity contribution in [2.24, 2.45) is 0 Å². The van der Waals surface area contributed by atoms with Gasteiger partial charge in [0.25, 0.3) is 0 Å². The van der Waals surface area contributed by atoms with Crippen LogP contribution >= 0.6 is 11.3 Å². The van der Waals surface area contributed by atoms with Gasteiger partial charge < -0.3 is 15.7 Å². The second-order valence-corrected chi connectivity index (χ2v) is 5.65. The molecule has 1 amide bonds. The average molecular weight is 289 g/mol. The molecule has 1 saturated heterocycles. The molecule has 2 aromatic rings. The van der Waals surface area contributed by atoms with Crippen LogP contribution in [-0.4, -0.2) is 34.7 Å². The molecule has 2 atom stereocenters. The van der Waals surface area contributed by atoms with Crippen LogP contribution in [0.5, 0.6) is 0 Å². The SMILES string of the molecule is O=C(Nc1cccc(-c2nccs2)c1)C1CC(O)CN1. The molecule has 3 N–H and O–H groups in total. The summed E-state index contributed by atoms with van der Waals surface area (Å²) in [5.41, 5.74) is 1.73. The van der Waals surface area contributed by atoms with Crippen molar-refractivity contribution < 1.29 is 9.90 Å². The van der Waals surface area contributed by atoms with Gasteiger partial charge in [0.05, 0.1) is 12.1 Å². The molecule has 0 aliphatic carbocycles. The van der Waals surface area contributed by atoms with Crippen molar-refractivity contribution in [1.82, 2.24) is 10.3 Å². The highest BCUT2D eigenvalue weighted by Crippen LogP contribution is 2.24. The average Bonchev–Trinajstić information content (AvgIpc) is 3.10. The quantitative estimate of drug-likeness (QED) is 0.800. The third kappa shape index (κ3) is 2.87. The lowest BCUT2D eigenvalue weighted by Gasteiger charge is -2.11. The summed E-state index contributed by atoms with van der Waals surface area (Å²) in [6.45, 7) is 0.469. The number of benzene rings is 1. The first-order valence-corrected chi connectivity index (χ1v) is 7.32. The summed E-state index contributed by atoms with van der Waals surface area (Å²) in [4.78, 5) is 16.3. The van der Waals surface area contributed by atoms with E-state index >= 15 is 0 Å². The van der Waals surface area contributed by atoms with Crippen LogP contribution in [0.15, 0.2) is 35.8 Å². The zero-order valence-corrected chi connectivity index (χ0v) is 11.6. The van der Waals surface area contributed by atoms with Gasteiger partial charge in [-0.3, -0.25) is 4.79 Å². The molecule has 2 heterocycles. The third-order valence-corrected chi connectivity index (χ3v) is 4.06. The van der Waals surface area contributed by atoms with E-state index in [9.17, 15) is 9.90 Å². The highest BCUT2D eigenvalue weighted by molar-refractivity contribution is 7.13. The van der Waals surface area contributed by atoms with E-state index in [1.165, 1.54) is 0 Å². The summed E-state index contributed by atoms with van der Waals surface area (Å²) in [7, 11) is 0. The number of carbonyl (C=O) groups is 1. The predicted octanol–water partition coefficient (Wildman–Crippen LogP) is 1.47. The van der Waals surface area contributed by atoms with Gasteiger partial charge in [0, 0.05) is 29.4 Å². The van der Waals surface area contributed by atoms with Gasteiger partial charge in [-0.2, -0.15) is 0 Å². The van der Waals surface area contributed by atoms with Gasteiger partial charge in [-0.05, 0) is 18.6 Å². The molecule has 6 heteroatoms. The second-order valence-electron chi connectivity index (χ2n) is 4.76. The summed E-state index contributed by atoms with van der Waals surface area (Å²) in [6.07, 6.45) is 1.78. The lowest BCUT2D eigenvalue weighted by atomic mass is 10.1. The summed E-state index contributed by atoms with van der Waals surface area (Å²) in [6, 6.07) is 7.28. The normalized spacial score (nSPS) is 21.9. The number of anilines is 1. The summed E-state index contributed by atoms with van der Waals surface area (Å²) >= 11 is 1.56. The summed E-state index contributed by atoms with van der Waals surface area (Å²) < 4.78 is 0. The highest BCUT2D eigenvalue weighted by atomic mass is 32.1. The van der Waals surface area contributed by atoms with Crippen molar-refractivity contribution in [2.45, 2.75) is 18.6 Å². The van der Waals surface area contributed by atoms with E-state index in [2.05, 4.69) is 15.6 Å². The van der Waals surface area contributed by atoms with Crippen LogP contribution in [-0.2, 0) is 4.79 Å². The first-order valence-electron chi connectivity index (χ1n) is 6.44. The van der Waals surface area contributed by atoms with Gasteiger partial charge in [0.15, 0.2) is 0 Å². The van der Waals surface area contributed by atoms with Gasteiger partial charge >= 0.3 is 0 Å². The molecule has 3 rings (SSSR count). The Hall–Kier alpha value is -1.76. The number of aliphatic hydroxyl groups is 1. The van der Waals surface area contributed by atoms with E-state index in [0.717, 1.165) is 16.3 Å². The topological polar surface area (TPSA) is 74.2 Å². The molecule has 0 saturated carbocycles. The van der Waals surface area contributed by atoms with Crippen LogP contribution in [0.2, 0.25) is 0 Å². The predicted molar refractivity (Wildman–Crippen MR) is 78.6 cm³/mol. The second kappa shape index (κ2) is 5.70. The van der Waals surface area contributed by atoms with Crippen LogP contribution in [0, 0.1) is 0 Å². The third-order valence-electron chi connectivity index (χ3n) is 3.23. The van der Waals surface area contributed by atoms with Crippen LogP contribution in [0.25, 0.3) is 10.6 Å². The molecular formula is C14H15N3O2S. The molecule has 0 radical (unpaired) electrons. The summed E-state index contributed by atoms with van der Waals surface area (Å²) in [5, 5.41) is 18.1. The Morgan fingerprint density at radius 2 is 2.40 bits per heavy atom. The monoisotopic (exact) mass is 289 g/mol. The number of aliphatic hydroxyl groups excluding tert-OH is 1. The minimum absolute atomic E-state index is 0.113. The number of hydrogen-bond donors (Lipinski definition) is 3. The standard InChI is InChI=1S/C14H15N3O2S/c18-11-7-12(16-8-11)13(19)17-10-3-1-2-9(6-10)14-15-4-5-20-14/h1-6,11-12,16,18H,7-8H2,(H,17,19). The number of carbonyl (C=O) groups excluding carboxylic acids is 1. The first kappa shape index (κ1) is 13.2. The van der Waals surface area contributed by atoms with Gasteiger partial charge in [-0.15, -0.1) is 11.3 Å². The largest absolute Gasteiger partial charge is 0.392 e. The van der Waals surface area contributed by atoms with Crippen molar-refractivity contribution in [3.05, 3.63) is 35.8 Å². The number of amides is 1. The lowest BCUT2D eigenvalue weighted by molar-refractivity contribution is -0.117. The Morgan fingerprint density at radius 3 is 3.10 bits per heavy atom. The van der Waals surface area contributed by atoms with Crippen molar-refractivity contribution in [3.8, 4) is 10.6 Å². The molecule has 104 valence electrons. The van der Waals surface area contributed by atoms with Crippen LogP contribution < -0.4 is 10.6 Å². The molecule has 1 aliphatic rings. The van der Waals surface area contributed by atoms with E-state index < -0.39 is 6.10 Å². The number of aromatic nitrogens is 1. The Kier molecular flexibility index (Phi) is 3.77. The van der Waals surface area contributed by atoms with Gasteiger partial charge in [-0.25, -0.2) is 4.98 Å². The number of nitrogens with one attached hydrogen (secondary N) is 2. The van der Waals surface area contributed by atoms with E-state index in [1.54, 1.807) is 17.5 Å². The van der Waals surface area contributed by atoms with Crippen LogP contribution in [0.3, 0.4) is 0 Å². The highest BCUT2D eigenvalue weighted by Gasteiger charge is 2.27. The van der Waals surface area contributed by atoms with Gasteiger partial charge in [0.2, 0.25) is 5.91 Å². The smallest absolute Gasteiger partial charge is 0.241 e. The summed E-state index contributed by atoms with van der Waals surface area (Å²) in [5.74, 6) is -0.113. The van der Waals surface area contributed by atoms with Crippen LogP contribution in [0.4, 0.5) is 5.69 Å². The van der Waals surface area contributed by atoms with Crippen molar-refractivity contribution in [2.75, 3.05) is 11.9 Å². The van der Waals surface area contributed by atoms with Crippen molar-refractivity contribution in [1.29, 1.82) is 0 Å². The zero-order valence-electron chi connectivity index (χ0n) is 10.7. The molecule has 0 spiro atoms. The fourth-order valence-corrected chi connectivity index (χ4v) is 2.88.